The van der Waals surface area contributed by atoms with Crippen molar-refractivity contribution < 1.29 is 18.6 Å². The lowest BCUT2D eigenvalue weighted by Crippen LogP contribution is -2.58. The molecule has 2 aliphatic heterocycles. The fourth-order valence-corrected chi connectivity index (χ4v) is 5.69. The summed E-state index contributed by atoms with van der Waals surface area (Å²) in [7, 11) is 3.42. The topological polar surface area (TPSA) is 83.4 Å². The number of hydrogen-bond acceptors (Lipinski definition) is 7. The van der Waals surface area contributed by atoms with Gasteiger partial charge in [-0.15, -0.1) is 10.2 Å². The van der Waals surface area contributed by atoms with E-state index in [1.54, 1.807) is 12.1 Å². The van der Waals surface area contributed by atoms with Crippen LogP contribution in [0.15, 0.2) is 36.5 Å². The monoisotopic (exact) mass is 481 g/mol. The lowest BCUT2D eigenvalue weighted by molar-refractivity contribution is 0.207. The summed E-state index contributed by atoms with van der Waals surface area (Å²) in [6.07, 6.45) is 5.69. The van der Waals surface area contributed by atoms with Gasteiger partial charge in [0, 0.05) is 42.0 Å². The van der Waals surface area contributed by atoms with Gasteiger partial charge in [0.15, 0.2) is 17.5 Å². The molecule has 2 saturated heterocycles. The number of phenols is 1. The molecule has 3 aromatic rings. The van der Waals surface area contributed by atoms with E-state index < -0.39 is 17.4 Å². The molecular formula is C26H29F2N5O2. The van der Waals surface area contributed by atoms with E-state index in [2.05, 4.69) is 39.2 Å². The van der Waals surface area contributed by atoms with E-state index in [4.69, 9.17) is 4.74 Å². The van der Waals surface area contributed by atoms with Crippen molar-refractivity contribution in [2.24, 2.45) is 0 Å². The van der Waals surface area contributed by atoms with Crippen molar-refractivity contribution in [3.8, 4) is 34.0 Å². The highest BCUT2D eigenvalue weighted by atomic mass is 19.2. The summed E-state index contributed by atoms with van der Waals surface area (Å²) in [6, 6.07) is 7.73. The van der Waals surface area contributed by atoms with E-state index in [0.717, 1.165) is 25.7 Å². The van der Waals surface area contributed by atoms with Crippen molar-refractivity contribution >= 4 is 5.82 Å². The van der Waals surface area contributed by atoms with E-state index in [-0.39, 0.29) is 39.8 Å². The molecule has 1 aromatic carbocycles. The van der Waals surface area contributed by atoms with Gasteiger partial charge in [0.1, 0.15) is 5.75 Å². The van der Waals surface area contributed by atoms with E-state index in [1.807, 2.05) is 7.05 Å². The molecule has 0 spiro atoms. The highest BCUT2D eigenvalue weighted by Gasteiger charge is 2.49. The molecule has 9 heteroatoms. The van der Waals surface area contributed by atoms with Gasteiger partial charge >= 0.3 is 0 Å². The average molecular weight is 482 g/mol. The van der Waals surface area contributed by atoms with Crippen molar-refractivity contribution in [3.63, 3.8) is 0 Å². The molecule has 0 saturated carbocycles. The predicted octanol–water partition coefficient (Wildman–Crippen LogP) is 4.70. The minimum atomic E-state index is -1.19. The Labute approximate surface area is 203 Å². The van der Waals surface area contributed by atoms with Gasteiger partial charge in [0.25, 0.3) is 0 Å². The number of nitrogens with one attached hydrogen (secondary N) is 1. The molecule has 0 radical (unpaired) electrons. The average Bonchev–Trinajstić information content (AvgIpc) is 3.07. The van der Waals surface area contributed by atoms with Crippen LogP contribution in [0, 0.1) is 11.6 Å². The number of rotatable bonds is 5. The van der Waals surface area contributed by atoms with Crippen molar-refractivity contribution in [2.45, 2.75) is 56.7 Å². The number of fused-ring (bicyclic) bond motifs is 2. The Balaban J connectivity index is 1.43. The smallest absolute Gasteiger partial charge is 0.213 e. The maximum Gasteiger partial charge on any atom is 0.213 e. The zero-order chi connectivity index (χ0) is 25.0. The molecule has 184 valence electrons. The lowest BCUT2D eigenvalue weighted by atomic mass is 9.84. The molecule has 5 rings (SSSR count). The zero-order valence-corrected chi connectivity index (χ0v) is 20.3. The Bertz CT molecular complexity index is 1250. The Hall–Kier alpha value is -3.33. The number of phenolic OH excluding ortho intramolecular Hbond substituents is 1. The van der Waals surface area contributed by atoms with Crippen molar-refractivity contribution in [3.05, 3.63) is 48.2 Å². The summed E-state index contributed by atoms with van der Waals surface area (Å²) in [5.41, 5.74) is 0.166. The molecule has 2 aromatic heterocycles. The molecule has 35 heavy (non-hydrogen) atoms. The van der Waals surface area contributed by atoms with E-state index >= 15 is 8.78 Å². The van der Waals surface area contributed by atoms with Gasteiger partial charge in [-0.2, -0.15) is 0 Å². The van der Waals surface area contributed by atoms with Crippen LogP contribution in [-0.2, 0) is 0 Å². The third-order valence-corrected chi connectivity index (χ3v) is 7.46. The Kier molecular flexibility index (Phi) is 5.62. The van der Waals surface area contributed by atoms with Gasteiger partial charge in [-0.05, 0) is 69.4 Å². The zero-order valence-electron chi connectivity index (χ0n) is 20.3. The summed E-state index contributed by atoms with van der Waals surface area (Å²) in [6.45, 7) is 4.53. The minimum absolute atomic E-state index is 0.0548. The van der Waals surface area contributed by atoms with Crippen LogP contribution < -0.4 is 15.0 Å². The number of nitrogens with zero attached hydrogens (tertiary/aromatic N) is 4. The SMILES string of the molecule is COc1cc(-c2cc(O)c(-c3ccc(N(C)[C@@H]4C[C@]5(C)CC[C@](C)(C4)N5)nn3)c(F)c2F)ccn1. The van der Waals surface area contributed by atoms with Gasteiger partial charge in [-0.25, -0.2) is 13.8 Å². The number of benzene rings is 1. The largest absolute Gasteiger partial charge is 0.507 e. The van der Waals surface area contributed by atoms with Crippen molar-refractivity contribution in [1.29, 1.82) is 0 Å². The first-order valence-corrected chi connectivity index (χ1v) is 11.7. The molecule has 2 bridgehead atoms. The number of methoxy groups -OCH3 is 1. The minimum Gasteiger partial charge on any atom is -0.507 e. The fourth-order valence-electron chi connectivity index (χ4n) is 5.69. The number of ether oxygens (including phenoxy) is 1. The summed E-state index contributed by atoms with van der Waals surface area (Å²) >= 11 is 0. The summed E-state index contributed by atoms with van der Waals surface area (Å²) < 4.78 is 35.2. The van der Waals surface area contributed by atoms with Crippen LogP contribution in [0.3, 0.4) is 0 Å². The Morgan fingerprint density at radius 2 is 1.77 bits per heavy atom. The highest BCUT2D eigenvalue weighted by Crippen LogP contribution is 2.44. The van der Waals surface area contributed by atoms with Crippen LogP contribution in [0.25, 0.3) is 22.4 Å². The number of piperidine rings is 1. The van der Waals surface area contributed by atoms with Crippen molar-refractivity contribution in [2.75, 3.05) is 19.1 Å². The fraction of sp³-hybridized carbons (Fsp3) is 0.423. The van der Waals surface area contributed by atoms with E-state index in [1.165, 1.54) is 31.5 Å². The molecule has 2 fully saturated rings. The summed E-state index contributed by atoms with van der Waals surface area (Å²) in [4.78, 5) is 6.08. The first-order chi connectivity index (χ1) is 16.6. The molecule has 2 N–H and O–H groups in total. The van der Waals surface area contributed by atoms with Crippen LogP contribution in [0.1, 0.15) is 39.5 Å². The number of aromatic nitrogens is 3. The standard InChI is InChI=1S/C26H29F2N5O2/c1-25-8-9-26(2,32-25)14-16(13-25)33(3)20-6-5-18(30-31-20)22-19(34)12-17(23(27)24(22)28)15-7-10-29-21(11-15)35-4/h5-7,10-12,16,32,34H,8-9,13-14H2,1-4H3/t16-,25+,26-. The maximum absolute atomic E-state index is 15.1. The third-order valence-electron chi connectivity index (χ3n) is 7.46. The molecular weight excluding hydrogens is 452 g/mol. The molecule has 7 nitrogen and oxygen atoms in total. The predicted molar refractivity (Wildman–Crippen MR) is 129 cm³/mol. The second kappa shape index (κ2) is 8.41. The van der Waals surface area contributed by atoms with Crippen LogP contribution in [0.4, 0.5) is 14.6 Å². The maximum atomic E-state index is 15.1. The first-order valence-electron chi connectivity index (χ1n) is 11.7. The molecule has 2 aliphatic rings. The van der Waals surface area contributed by atoms with E-state index in [0.29, 0.717) is 11.4 Å². The van der Waals surface area contributed by atoms with Crippen LogP contribution in [-0.4, -0.2) is 51.6 Å². The Morgan fingerprint density at radius 3 is 2.40 bits per heavy atom. The van der Waals surface area contributed by atoms with Gasteiger partial charge < -0.3 is 20.1 Å². The highest BCUT2D eigenvalue weighted by molar-refractivity contribution is 5.76. The summed E-state index contributed by atoms with van der Waals surface area (Å²) in [5.74, 6) is -1.82. The first kappa shape index (κ1) is 23.4. The van der Waals surface area contributed by atoms with Crippen LogP contribution >= 0.6 is 0 Å². The Morgan fingerprint density at radius 1 is 1.06 bits per heavy atom. The lowest BCUT2D eigenvalue weighted by Gasteiger charge is -2.45. The molecule has 4 heterocycles. The number of aromatic hydroxyl groups is 1. The third kappa shape index (κ3) is 4.18. The van der Waals surface area contributed by atoms with Gasteiger partial charge in [0.05, 0.1) is 18.4 Å². The van der Waals surface area contributed by atoms with Crippen LogP contribution in [0.5, 0.6) is 11.6 Å². The second-order valence-corrected chi connectivity index (χ2v) is 10.2. The molecule has 3 atom stereocenters. The number of hydrogen-bond donors (Lipinski definition) is 2. The second-order valence-electron chi connectivity index (χ2n) is 10.2. The molecule has 0 unspecified atom stereocenters. The van der Waals surface area contributed by atoms with Gasteiger partial charge in [-0.1, -0.05) is 0 Å². The normalized spacial score (nSPS) is 25.5. The van der Waals surface area contributed by atoms with Gasteiger partial charge in [-0.3, -0.25) is 0 Å². The van der Waals surface area contributed by atoms with Gasteiger partial charge in [0.2, 0.25) is 5.88 Å². The molecule has 0 aliphatic carbocycles. The number of pyridine rings is 1. The van der Waals surface area contributed by atoms with E-state index in [9.17, 15) is 5.11 Å². The van der Waals surface area contributed by atoms with Crippen molar-refractivity contribution in [1.82, 2.24) is 20.5 Å². The number of anilines is 1. The number of halogens is 2. The van der Waals surface area contributed by atoms with Crippen LogP contribution in [0.2, 0.25) is 0 Å². The summed E-state index contributed by atoms with van der Waals surface area (Å²) in [5, 5.41) is 22.8. The molecule has 0 amide bonds. The quantitative estimate of drug-likeness (QED) is 0.547.